The van der Waals surface area contributed by atoms with Crippen LogP contribution in [0.2, 0.25) is 0 Å². The summed E-state index contributed by atoms with van der Waals surface area (Å²) in [5.74, 6) is -0.197. The lowest BCUT2D eigenvalue weighted by Gasteiger charge is -2.22. The van der Waals surface area contributed by atoms with Crippen LogP contribution in [-0.4, -0.2) is 43.0 Å². The van der Waals surface area contributed by atoms with E-state index >= 15 is 0 Å². The molecule has 0 spiro atoms. The van der Waals surface area contributed by atoms with Crippen LogP contribution < -0.4 is 5.32 Å². The number of carbonyl (C=O) groups excluding carboxylic acids is 1. The lowest BCUT2D eigenvalue weighted by Crippen LogP contribution is -2.44. The number of nitrogens with one attached hydrogen (secondary N) is 1. The largest absolute Gasteiger partial charge is 0.387 e. The fourth-order valence-electron chi connectivity index (χ4n) is 3.26. The third-order valence-corrected chi connectivity index (χ3v) is 6.09. The van der Waals surface area contributed by atoms with Gasteiger partial charge in [-0.3, -0.25) is 4.79 Å². The van der Waals surface area contributed by atoms with Crippen LogP contribution in [0.3, 0.4) is 0 Å². The second-order valence-electron chi connectivity index (χ2n) is 7.74. The van der Waals surface area contributed by atoms with Gasteiger partial charge in [0.25, 0.3) is 0 Å². The second kappa shape index (κ2) is 18.3. The van der Waals surface area contributed by atoms with Crippen LogP contribution >= 0.6 is 8.60 Å². The first-order valence-electron chi connectivity index (χ1n) is 11.4. The summed E-state index contributed by atoms with van der Waals surface area (Å²) in [6.07, 6.45) is 18.5. The van der Waals surface area contributed by atoms with Crippen LogP contribution in [-0.2, 0) is 18.4 Å². The number of unbranched alkanes of at least 4 members (excludes halogenated alkanes) is 11. The normalized spacial score (nSPS) is 17.1. The van der Waals surface area contributed by atoms with Gasteiger partial charge in [0.05, 0.1) is 32.0 Å². The Morgan fingerprint density at radius 2 is 1.59 bits per heavy atom. The van der Waals surface area contributed by atoms with Crippen molar-refractivity contribution in [1.29, 1.82) is 0 Å². The van der Waals surface area contributed by atoms with E-state index in [-0.39, 0.29) is 12.5 Å². The number of amides is 1. The molecule has 1 amide bonds. The van der Waals surface area contributed by atoms with E-state index in [9.17, 15) is 9.90 Å². The van der Waals surface area contributed by atoms with E-state index in [1.807, 2.05) is 6.08 Å². The lowest BCUT2D eigenvalue weighted by atomic mass is 10.0. The number of rotatable bonds is 18. The van der Waals surface area contributed by atoms with Gasteiger partial charge in [-0.2, -0.15) is 0 Å². The molecule has 0 bridgehead atoms. The highest BCUT2D eigenvalue weighted by Crippen LogP contribution is 2.43. The zero-order chi connectivity index (χ0) is 21.2. The molecule has 2 N–H and O–H groups in total. The molecule has 1 fully saturated rings. The average molecular weight is 432 g/mol. The molecule has 0 aromatic heterocycles. The maximum Gasteiger partial charge on any atom is 0.332 e. The Hall–Kier alpha value is -0.520. The minimum atomic E-state index is -1.35. The Bertz CT molecular complexity index is 429. The van der Waals surface area contributed by atoms with Crippen LogP contribution in [0.4, 0.5) is 0 Å². The Labute approximate surface area is 178 Å². The van der Waals surface area contributed by atoms with Gasteiger partial charge >= 0.3 is 8.60 Å². The van der Waals surface area contributed by atoms with E-state index in [1.165, 1.54) is 71.1 Å². The van der Waals surface area contributed by atoms with Gasteiger partial charge in [0.15, 0.2) is 0 Å². The molecule has 170 valence electrons. The molecule has 0 unspecified atom stereocenters. The standard InChI is InChI=1S/C22H42NO5P/c1-3-4-5-6-7-8-9-10-11-12-13-14-15-16-22(25)21(23-20(2)24)19-28-29-26-17-18-27-29/h15-16,21-22,25H,3-14,17-19H2,1-2H3,(H,23,24)/b16-15+/t21-,22+/m0/s1. The van der Waals surface area contributed by atoms with Crippen molar-refractivity contribution in [2.45, 2.75) is 103 Å². The van der Waals surface area contributed by atoms with Gasteiger partial charge in [-0.1, -0.05) is 83.3 Å². The monoisotopic (exact) mass is 431 g/mol. The molecule has 1 saturated heterocycles. The predicted molar refractivity (Wildman–Crippen MR) is 119 cm³/mol. The molecule has 1 aliphatic heterocycles. The lowest BCUT2D eigenvalue weighted by molar-refractivity contribution is -0.120. The van der Waals surface area contributed by atoms with Gasteiger partial charge in [-0.25, -0.2) is 0 Å². The molecule has 6 nitrogen and oxygen atoms in total. The van der Waals surface area contributed by atoms with Crippen LogP contribution in [0, 0.1) is 0 Å². The molecule has 1 heterocycles. The number of aliphatic hydroxyl groups is 1. The quantitative estimate of drug-likeness (QED) is 0.173. The van der Waals surface area contributed by atoms with Gasteiger partial charge in [0, 0.05) is 6.92 Å². The zero-order valence-corrected chi connectivity index (χ0v) is 19.3. The first kappa shape index (κ1) is 26.5. The summed E-state index contributed by atoms with van der Waals surface area (Å²) in [5, 5.41) is 13.1. The van der Waals surface area contributed by atoms with Gasteiger partial charge < -0.3 is 24.0 Å². The first-order valence-corrected chi connectivity index (χ1v) is 12.5. The molecule has 0 aliphatic carbocycles. The van der Waals surface area contributed by atoms with Crippen molar-refractivity contribution in [2.24, 2.45) is 0 Å². The molecule has 0 radical (unpaired) electrons. The molecule has 0 aromatic carbocycles. The van der Waals surface area contributed by atoms with Crippen molar-refractivity contribution >= 4 is 14.5 Å². The van der Waals surface area contributed by atoms with E-state index in [1.54, 1.807) is 6.08 Å². The van der Waals surface area contributed by atoms with Crippen molar-refractivity contribution < 1.29 is 23.5 Å². The van der Waals surface area contributed by atoms with Crippen molar-refractivity contribution in [3.05, 3.63) is 12.2 Å². The fraction of sp³-hybridized carbons (Fsp3) is 0.864. The minimum Gasteiger partial charge on any atom is -0.387 e. The zero-order valence-electron chi connectivity index (χ0n) is 18.4. The summed E-state index contributed by atoms with van der Waals surface area (Å²) >= 11 is 0. The number of carbonyl (C=O) groups is 1. The molecule has 7 heteroatoms. The van der Waals surface area contributed by atoms with Crippen LogP contribution in [0.15, 0.2) is 12.2 Å². The fourth-order valence-corrected chi connectivity index (χ4v) is 4.21. The average Bonchev–Trinajstić information content (AvgIpc) is 3.22. The molecule has 0 aromatic rings. The highest BCUT2D eigenvalue weighted by molar-refractivity contribution is 7.41. The Kier molecular flexibility index (Phi) is 16.7. The molecule has 29 heavy (non-hydrogen) atoms. The maximum atomic E-state index is 11.4. The van der Waals surface area contributed by atoms with E-state index in [0.717, 1.165) is 12.8 Å². The van der Waals surface area contributed by atoms with E-state index in [2.05, 4.69) is 12.2 Å². The van der Waals surface area contributed by atoms with Crippen LogP contribution in [0.25, 0.3) is 0 Å². The number of allylic oxidation sites excluding steroid dienone is 1. The predicted octanol–water partition coefficient (Wildman–Crippen LogP) is 5.40. The number of hydrogen-bond acceptors (Lipinski definition) is 5. The Morgan fingerprint density at radius 3 is 2.14 bits per heavy atom. The molecule has 1 rings (SSSR count). The smallest absolute Gasteiger partial charge is 0.332 e. The Balaban J connectivity index is 2.06. The van der Waals surface area contributed by atoms with Crippen molar-refractivity contribution in [3.63, 3.8) is 0 Å². The van der Waals surface area contributed by atoms with Crippen molar-refractivity contribution in [3.8, 4) is 0 Å². The molecular formula is C22H42NO5P. The minimum absolute atomic E-state index is 0.162. The summed E-state index contributed by atoms with van der Waals surface area (Å²) in [6, 6.07) is -0.503. The van der Waals surface area contributed by atoms with Crippen LogP contribution in [0.5, 0.6) is 0 Å². The van der Waals surface area contributed by atoms with E-state index in [4.69, 9.17) is 13.6 Å². The maximum absolute atomic E-state index is 11.4. The van der Waals surface area contributed by atoms with Crippen molar-refractivity contribution in [1.82, 2.24) is 5.32 Å². The van der Waals surface area contributed by atoms with E-state index < -0.39 is 20.7 Å². The number of hydrogen-bond donors (Lipinski definition) is 2. The van der Waals surface area contributed by atoms with Gasteiger partial charge in [-0.05, 0) is 12.8 Å². The second-order valence-corrected chi connectivity index (χ2v) is 8.96. The molecule has 0 saturated carbocycles. The topological polar surface area (TPSA) is 77.0 Å². The van der Waals surface area contributed by atoms with Gasteiger partial charge in [0.2, 0.25) is 5.91 Å². The van der Waals surface area contributed by atoms with E-state index in [0.29, 0.717) is 13.2 Å². The number of aliphatic hydroxyl groups excluding tert-OH is 1. The molecule has 2 atom stereocenters. The summed E-state index contributed by atoms with van der Waals surface area (Å²) in [4.78, 5) is 11.4. The summed E-state index contributed by atoms with van der Waals surface area (Å²) < 4.78 is 16.1. The molecule has 1 aliphatic rings. The summed E-state index contributed by atoms with van der Waals surface area (Å²) in [7, 11) is -1.35. The molecular weight excluding hydrogens is 389 g/mol. The SMILES string of the molecule is CCCCCCCCCCCCC/C=C/[C@@H](O)[C@H](COP1OCCO1)NC(C)=O. The van der Waals surface area contributed by atoms with Crippen molar-refractivity contribution in [2.75, 3.05) is 19.8 Å². The third-order valence-electron chi connectivity index (χ3n) is 4.94. The Morgan fingerprint density at radius 1 is 1.03 bits per heavy atom. The van der Waals surface area contributed by atoms with Gasteiger partial charge in [-0.15, -0.1) is 0 Å². The third kappa shape index (κ3) is 15.0. The summed E-state index contributed by atoms with van der Waals surface area (Å²) in [5.41, 5.74) is 0. The van der Waals surface area contributed by atoms with Crippen LogP contribution in [0.1, 0.15) is 90.9 Å². The highest BCUT2D eigenvalue weighted by atomic mass is 31.2. The highest BCUT2D eigenvalue weighted by Gasteiger charge is 2.24. The first-order chi connectivity index (χ1) is 14.1. The van der Waals surface area contributed by atoms with Gasteiger partial charge in [0.1, 0.15) is 0 Å². The summed E-state index contributed by atoms with van der Waals surface area (Å²) in [6.45, 7) is 4.90.